The second-order valence-corrected chi connectivity index (χ2v) is 2.48. The topological polar surface area (TPSA) is 40.5 Å². The van der Waals surface area contributed by atoms with Gasteiger partial charge in [0.1, 0.15) is 0 Å². The molecule has 1 fully saturated rings. The quantitative estimate of drug-likeness (QED) is 0.447. The van der Waals surface area contributed by atoms with E-state index in [1.54, 1.807) is 7.05 Å². The predicted octanol–water partition coefficient (Wildman–Crippen LogP) is -0.787. The van der Waals surface area contributed by atoms with Gasteiger partial charge in [-0.1, -0.05) is 5.92 Å². The van der Waals surface area contributed by atoms with Crippen LogP contribution in [0.2, 0.25) is 0 Å². The fraction of sp³-hybridized carbons (Fsp3) is 0.571. The van der Waals surface area contributed by atoms with Crippen LogP contribution in [0.15, 0.2) is 0 Å². The van der Waals surface area contributed by atoms with Crippen LogP contribution >= 0.6 is 0 Å². The smallest absolute Gasteiger partial charge is 0.267 e. The molecule has 1 heterocycles. The van der Waals surface area contributed by atoms with Crippen molar-refractivity contribution >= 4 is 5.91 Å². The van der Waals surface area contributed by atoms with Crippen LogP contribution in [0.3, 0.4) is 0 Å². The molecule has 1 saturated heterocycles. The van der Waals surface area contributed by atoms with E-state index in [-0.39, 0.29) is 5.91 Å². The molecule has 3 heteroatoms. The molecule has 1 amide bonds. The van der Waals surface area contributed by atoms with Gasteiger partial charge in [-0.05, 0) is 0 Å². The highest BCUT2D eigenvalue weighted by Gasteiger charge is 2.41. The van der Waals surface area contributed by atoms with Crippen molar-refractivity contribution < 1.29 is 9.90 Å². The van der Waals surface area contributed by atoms with Crippen molar-refractivity contribution in [2.45, 2.75) is 12.0 Å². The highest BCUT2D eigenvalue weighted by Crippen LogP contribution is 2.19. The summed E-state index contributed by atoms with van der Waals surface area (Å²) in [5.74, 6) is 1.72. The van der Waals surface area contributed by atoms with Crippen molar-refractivity contribution in [2.75, 3.05) is 13.6 Å². The Morgan fingerprint density at radius 2 is 2.50 bits per heavy atom. The van der Waals surface area contributed by atoms with Gasteiger partial charge in [0.25, 0.3) is 5.91 Å². The zero-order valence-electron chi connectivity index (χ0n) is 5.79. The van der Waals surface area contributed by atoms with Crippen LogP contribution in [0, 0.1) is 12.3 Å². The summed E-state index contributed by atoms with van der Waals surface area (Å²) < 4.78 is 0. The Morgan fingerprint density at radius 1 is 1.90 bits per heavy atom. The molecule has 0 radical (unpaired) electrons. The Labute approximate surface area is 59.6 Å². The third-order valence-corrected chi connectivity index (χ3v) is 1.75. The predicted molar refractivity (Wildman–Crippen MR) is 36.0 cm³/mol. The zero-order valence-corrected chi connectivity index (χ0v) is 5.79. The van der Waals surface area contributed by atoms with E-state index in [1.807, 2.05) is 0 Å². The number of hydrogen-bond donors (Lipinski definition) is 1. The maximum atomic E-state index is 11.0. The number of rotatable bonds is 0. The highest BCUT2D eigenvalue weighted by atomic mass is 16.3. The number of terminal acetylenes is 1. The molecule has 0 aromatic rings. The lowest BCUT2D eigenvalue weighted by Crippen LogP contribution is -2.36. The lowest BCUT2D eigenvalue weighted by atomic mass is 10.1. The van der Waals surface area contributed by atoms with E-state index in [0.29, 0.717) is 13.0 Å². The summed E-state index contributed by atoms with van der Waals surface area (Å²) in [6.07, 6.45) is 5.32. The molecule has 1 unspecified atom stereocenters. The van der Waals surface area contributed by atoms with E-state index in [0.717, 1.165) is 0 Å². The molecule has 0 spiro atoms. The summed E-state index contributed by atoms with van der Waals surface area (Å²) in [6, 6.07) is 0. The van der Waals surface area contributed by atoms with Crippen molar-refractivity contribution in [3.8, 4) is 12.3 Å². The number of carbonyl (C=O) groups excluding carboxylic acids is 1. The Hall–Kier alpha value is -1.01. The Kier molecular flexibility index (Phi) is 1.42. The molecular formula is C7H9NO2. The van der Waals surface area contributed by atoms with Crippen LogP contribution in [-0.4, -0.2) is 35.1 Å². The van der Waals surface area contributed by atoms with Crippen LogP contribution in [0.5, 0.6) is 0 Å². The van der Waals surface area contributed by atoms with Gasteiger partial charge in [-0.2, -0.15) is 0 Å². The molecule has 0 aliphatic carbocycles. The average molecular weight is 139 g/mol. The first-order chi connectivity index (χ1) is 4.60. The van der Waals surface area contributed by atoms with Crippen LogP contribution < -0.4 is 0 Å². The van der Waals surface area contributed by atoms with Gasteiger partial charge in [0.15, 0.2) is 0 Å². The van der Waals surface area contributed by atoms with Crippen molar-refractivity contribution in [1.29, 1.82) is 0 Å². The lowest BCUT2D eigenvalue weighted by molar-refractivity contribution is -0.137. The molecule has 3 nitrogen and oxygen atoms in total. The lowest BCUT2D eigenvalue weighted by Gasteiger charge is -2.12. The minimum absolute atomic E-state index is 0.346. The number of carbonyl (C=O) groups is 1. The van der Waals surface area contributed by atoms with Crippen molar-refractivity contribution in [1.82, 2.24) is 4.90 Å². The van der Waals surface area contributed by atoms with Crippen LogP contribution in [-0.2, 0) is 4.79 Å². The number of nitrogens with zero attached hydrogens (tertiary/aromatic N) is 1. The van der Waals surface area contributed by atoms with E-state index >= 15 is 0 Å². The standard InChI is InChI=1S/C7H9NO2/c1-3-7(10)4-5-8(2)6(7)9/h1,10H,4-5H2,2H3. The number of aliphatic hydroxyl groups is 1. The number of hydrogen-bond acceptors (Lipinski definition) is 2. The first-order valence-electron chi connectivity index (χ1n) is 3.06. The third kappa shape index (κ3) is 0.775. The average Bonchev–Trinajstić information content (AvgIpc) is 2.19. The first-order valence-corrected chi connectivity index (χ1v) is 3.06. The molecular weight excluding hydrogens is 130 g/mol. The number of likely N-dealkylation sites (N-methyl/N-ethyl adjacent to an activating group) is 1. The number of amides is 1. The molecule has 0 aromatic carbocycles. The van der Waals surface area contributed by atoms with Gasteiger partial charge < -0.3 is 10.0 Å². The van der Waals surface area contributed by atoms with Gasteiger partial charge in [0.05, 0.1) is 0 Å². The van der Waals surface area contributed by atoms with E-state index in [9.17, 15) is 9.90 Å². The molecule has 1 aliphatic heterocycles. The molecule has 1 atom stereocenters. The second-order valence-electron chi connectivity index (χ2n) is 2.48. The van der Waals surface area contributed by atoms with E-state index < -0.39 is 5.60 Å². The summed E-state index contributed by atoms with van der Waals surface area (Å²) in [5, 5.41) is 9.31. The Bertz CT molecular complexity index is 206. The Morgan fingerprint density at radius 3 is 2.70 bits per heavy atom. The first kappa shape index (κ1) is 7.10. The highest BCUT2D eigenvalue weighted by molar-refractivity contribution is 5.90. The molecule has 10 heavy (non-hydrogen) atoms. The minimum Gasteiger partial charge on any atom is -0.369 e. The van der Waals surface area contributed by atoms with Gasteiger partial charge in [-0.15, -0.1) is 6.42 Å². The summed E-state index contributed by atoms with van der Waals surface area (Å²) >= 11 is 0. The van der Waals surface area contributed by atoms with Crippen LogP contribution in [0.4, 0.5) is 0 Å². The number of likely N-dealkylation sites (tertiary alicyclic amines) is 1. The molecule has 54 valence electrons. The van der Waals surface area contributed by atoms with Crippen LogP contribution in [0.1, 0.15) is 6.42 Å². The SMILES string of the molecule is C#CC1(O)CCN(C)C1=O. The molecule has 1 N–H and O–H groups in total. The molecule has 1 aliphatic rings. The van der Waals surface area contributed by atoms with Crippen molar-refractivity contribution in [3.05, 3.63) is 0 Å². The normalized spacial score (nSPS) is 32.5. The summed E-state index contributed by atoms with van der Waals surface area (Å²) in [7, 11) is 1.62. The summed E-state index contributed by atoms with van der Waals surface area (Å²) in [4.78, 5) is 12.4. The van der Waals surface area contributed by atoms with Gasteiger partial charge in [-0.25, -0.2) is 0 Å². The van der Waals surface area contributed by atoms with E-state index in [1.165, 1.54) is 4.90 Å². The maximum absolute atomic E-state index is 11.0. The maximum Gasteiger partial charge on any atom is 0.267 e. The summed E-state index contributed by atoms with van der Waals surface area (Å²) in [6.45, 7) is 0.541. The van der Waals surface area contributed by atoms with Gasteiger partial charge in [-0.3, -0.25) is 4.79 Å². The van der Waals surface area contributed by atoms with Crippen molar-refractivity contribution in [2.24, 2.45) is 0 Å². The Balaban J connectivity index is 2.86. The minimum atomic E-state index is -1.52. The van der Waals surface area contributed by atoms with Gasteiger partial charge >= 0.3 is 0 Å². The van der Waals surface area contributed by atoms with E-state index in [4.69, 9.17) is 6.42 Å². The second kappa shape index (κ2) is 1.99. The molecule has 0 bridgehead atoms. The fourth-order valence-electron chi connectivity index (χ4n) is 0.988. The fourth-order valence-corrected chi connectivity index (χ4v) is 0.988. The zero-order chi connectivity index (χ0) is 7.78. The molecule has 0 saturated carbocycles. The van der Waals surface area contributed by atoms with Crippen LogP contribution in [0.25, 0.3) is 0 Å². The van der Waals surface area contributed by atoms with Gasteiger partial charge in [0.2, 0.25) is 5.60 Å². The monoisotopic (exact) mass is 139 g/mol. The summed E-state index contributed by atoms with van der Waals surface area (Å²) in [5.41, 5.74) is -1.52. The van der Waals surface area contributed by atoms with E-state index in [2.05, 4.69) is 5.92 Å². The molecule has 1 rings (SSSR count). The largest absolute Gasteiger partial charge is 0.369 e. The van der Waals surface area contributed by atoms with Crippen molar-refractivity contribution in [3.63, 3.8) is 0 Å². The third-order valence-electron chi connectivity index (χ3n) is 1.75. The molecule has 0 aromatic heterocycles. The van der Waals surface area contributed by atoms with Gasteiger partial charge in [0, 0.05) is 20.0 Å².